The molecule has 3 nitrogen and oxygen atoms in total. The average molecular weight is 228 g/mol. The Kier molecular flexibility index (Phi) is 4.32. The number of hydrogen-bond acceptors (Lipinski definition) is 3. The van der Waals surface area contributed by atoms with Crippen LogP contribution in [-0.4, -0.2) is 36.2 Å². The number of amidine groups is 1. The van der Waals surface area contributed by atoms with Crippen LogP contribution >= 0.6 is 11.8 Å². The number of nitrogens with one attached hydrogen (secondary N) is 1. The summed E-state index contributed by atoms with van der Waals surface area (Å²) < 4.78 is 5.65. The Morgan fingerprint density at radius 2 is 2.47 bits per heavy atom. The van der Waals surface area contributed by atoms with Crippen molar-refractivity contribution in [3.05, 3.63) is 0 Å². The van der Waals surface area contributed by atoms with Crippen LogP contribution in [0, 0.1) is 0 Å². The van der Waals surface area contributed by atoms with Gasteiger partial charge in [0.2, 0.25) is 0 Å². The minimum Gasteiger partial charge on any atom is -0.376 e. The summed E-state index contributed by atoms with van der Waals surface area (Å²) in [5.74, 6) is 1.17. The van der Waals surface area contributed by atoms with E-state index in [0.717, 1.165) is 18.3 Å². The fourth-order valence-electron chi connectivity index (χ4n) is 1.88. The summed E-state index contributed by atoms with van der Waals surface area (Å²) in [5.41, 5.74) is 0. The van der Waals surface area contributed by atoms with Gasteiger partial charge in [-0.15, -0.1) is 0 Å². The molecule has 1 N–H and O–H groups in total. The molecule has 2 heterocycles. The lowest BCUT2D eigenvalue weighted by atomic mass is 10.1. The lowest BCUT2D eigenvalue weighted by Crippen LogP contribution is -2.27. The number of ether oxygens (including phenoxy) is 1. The summed E-state index contributed by atoms with van der Waals surface area (Å²) in [6.45, 7) is 3.98. The fourth-order valence-corrected chi connectivity index (χ4v) is 2.98. The Labute approximate surface area is 96.1 Å². The first-order valence-corrected chi connectivity index (χ1v) is 6.92. The van der Waals surface area contributed by atoms with Gasteiger partial charge >= 0.3 is 0 Å². The summed E-state index contributed by atoms with van der Waals surface area (Å²) in [5, 5.41) is 4.56. The van der Waals surface area contributed by atoms with Crippen LogP contribution in [0.2, 0.25) is 0 Å². The largest absolute Gasteiger partial charge is 0.376 e. The molecule has 2 aliphatic rings. The van der Waals surface area contributed by atoms with E-state index in [1.54, 1.807) is 0 Å². The van der Waals surface area contributed by atoms with Gasteiger partial charge < -0.3 is 10.1 Å². The molecule has 4 heteroatoms. The molecule has 0 aromatic rings. The number of aliphatic imine (C=N–C) groups is 1. The summed E-state index contributed by atoms with van der Waals surface area (Å²) in [4.78, 5) is 4.59. The van der Waals surface area contributed by atoms with Gasteiger partial charge in [0.05, 0.1) is 12.6 Å². The quantitative estimate of drug-likeness (QED) is 0.802. The van der Waals surface area contributed by atoms with E-state index in [4.69, 9.17) is 4.74 Å². The lowest BCUT2D eigenvalue weighted by molar-refractivity contribution is 0.0225. The van der Waals surface area contributed by atoms with E-state index >= 15 is 0 Å². The summed E-state index contributed by atoms with van der Waals surface area (Å²) in [7, 11) is 0. The van der Waals surface area contributed by atoms with Crippen LogP contribution in [0.15, 0.2) is 4.99 Å². The van der Waals surface area contributed by atoms with Crippen molar-refractivity contribution in [3.8, 4) is 0 Å². The molecule has 0 aromatic carbocycles. The SMILES string of the molecule is CCC1CSC(=NCC2CCCCO2)N1. The zero-order valence-electron chi connectivity index (χ0n) is 9.37. The van der Waals surface area contributed by atoms with Crippen LogP contribution < -0.4 is 5.32 Å². The Morgan fingerprint density at radius 3 is 3.13 bits per heavy atom. The molecule has 2 saturated heterocycles. The molecule has 0 radical (unpaired) electrons. The molecule has 2 fully saturated rings. The highest BCUT2D eigenvalue weighted by Gasteiger charge is 2.19. The summed E-state index contributed by atoms with van der Waals surface area (Å²) in [6, 6.07) is 0.626. The first-order valence-electron chi connectivity index (χ1n) is 5.94. The van der Waals surface area contributed by atoms with Gasteiger partial charge in [-0.1, -0.05) is 18.7 Å². The average Bonchev–Trinajstić information content (AvgIpc) is 2.76. The van der Waals surface area contributed by atoms with Gasteiger partial charge in [0.25, 0.3) is 0 Å². The molecule has 0 bridgehead atoms. The third-order valence-corrected chi connectivity index (χ3v) is 4.04. The van der Waals surface area contributed by atoms with Gasteiger partial charge in [-0.2, -0.15) is 0 Å². The van der Waals surface area contributed by atoms with Gasteiger partial charge in [0.1, 0.15) is 0 Å². The molecule has 2 rings (SSSR count). The molecule has 0 aliphatic carbocycles. The Morgan fingerprint density at radius 1 is 1.53 bits per heavy atom. The van der Waals surface area contributed by atoms with Gasteiger partial charge in [-0.05, 0) is 25.7 Å². The first-order chi connectivity index (χ1) is 7.38. The Hall–Kier alpha value is -0.220. The highest BCUT2D eigenvalue weighted by molar-refractivity contribution is 8.14. The molecule has 15 heavy (non-hydrogen) atoms. The molecule has 2 atom stereocenters. The molecular weight excluding hydrogens is 208 g/mol. The van der Waals surface area contributed by atoms with E-state index < -0.39 is 0 Å². The van der Waals surface area contributed by atoms with E-state index in [9.17, 15) is 0 Å². The highest BCUT2D eigenvalue weighted by atomic mass is 32.2. The summed E-state index contributed by atoms with van der Waals surface area (Å²) >= 11 is 1.85. The van der Waals surface area contributed by atoms with E-state index in [-0.39, 0.29) is 0 Å². The minimum absolute atomic E-state index is 0.370. The maximum atomic E-state index is 5.65. The Balaban J connectivity index is 1.73. The molecular formula is C11H20N2OS. The summed E-state index contributed by atoms with van der Waals surface area (Å²) in [6.07, 6.45) is 5.25. The van der Waals surface area contributed by atoms with Crippen LogP contribution in [0.5, 0.6) is 0 Å². The molecule has 0 spiro atoms. The van der Waals surface area contributed by atoms with Gasteiger partial charge in [-0.25, -0.2) is 0 Å². The maximum Gasteiger partial charge on any atom is 0.156 e. The second kappa shape index (κ2) is 5.75. The Bertz CT molecular complexity index is 227. The molecule has 86 valence electrons. The normalized spacial score (nSPS) is 34.3. The monoisotopic (exact) mass is 228 g/mol. The van der Waals surface area contributed by atoms with Gasteiger partial charge in [-0.3, -0.25) is 4.99 Å². The van der Waals surface area contributed by atoms with Crippen LogP contribution in [0.1, 0.15) is 32.6 Å². The minimum atomic E-state index is 0.370. The number of thioether (sulfide) groups is 1. The predicted molar refractivity (Wildman–Crippen MR) is 65.6 cm³/mol. The van der Waals surface area contributed by atoms with Gasteiger partial charge in [0, 0.05) is 18.4 Å². The molecule has 0 amide bonds. The smallest absolute Gasteiger partial charge is 0.156 e. The van der Waals surface area contributed by atoms with Crippen molar-refractivity contribution < 1.29 is 4.74 Å². The molecule has 0 saturated carbocycles. The van der Waals surface area contributed by atoms with Crippen molar-refractivity contribution in [2.24, 2.45) is 4.99 Å². The molecule has 2 unspecified atom stereocenters. The third-order valence-electron chi connectivity index (χ3n) is 2.95. The standard InChI is InChI=1S/C11H20N2OS/c1-2-9-8-15-11(13-9)12-7-10-5-3-4-6-14-10/h9-10H,2-8H2,1H3,(H,12,13). The van der Waals surface area contributed by atoms with Crippen LogP contribution in [-0.2, 0) is 4.74 Å². The van der Waals surface area contributed by atoms with Gasteiger partial charge in [0.15, 0.2) is 5.17 Å². The zero-order chi connectivity index (χ0) is 10.5. The zero-order valence-corrected chi connectivity index (χ0v) is 10.2. The molecule has 2 aliphatic heterocycles. The fraction of sp³-hybridized carbons (Fsp3) is 0.909. The lowest BCUT2D eigenvalue weighted by Gasteiger charge is -2.20. The maximum absolute atomic E-state index is 5.65. The van der Waals surface area contributed by atoms with Crippen molar-refractivity contribution in [2.75, 3.05) is 18.9 Å². The second-order valence-electron chi connectivity index (χ2n) is 4.19. The number of rotatable bonds is 3. The highest BCUT2D eigenvalue weighted by Crippen LogP contribution is 2.17. The third kappa shape index (κ3) is 3.38. The van der Waals surface area contributed by atoms with Crippen LogP contribution in [0.3, 0.4) is 0 Å². The topological polar surface area (TPSA) is 33.6 Å². The predicted octanol–water partition coefficient (Wildman–Crippen LogP) is 2.03. The first kappa shape index (κ1) is 11.3. The van der Waals surface area contributed by atoms with E-state index in [1.165, 1.54) is 31.4 Å². The van der Waals surface area contributed by atoms with E-state index in [2.05, 4.69) is 17.2 Å². The van der Waals surface area contributed by atoms with E-state index in [1.807, 2.05) is 11.8 Å². The molecule has 0 aromatic heterocycles. The van der Waals surface area contributed by atoms with Crippen molar-refractivity contribution in [1.82, 2.24) is 5.32 Å². The van der Waals surface area contributed by atoms with Crippen molar-refractivity contribution in [2.45, 2.75) is 44.8 Å². The number of nitrogens with zero attached hydrogens (tertiary/aromatic N) is 1. The van der Waals surface area contributed by atoms with E-state index in [0.29, 0.717) is 12.1 Å². The second-order valence-corrected chi connectivity index (χ2v) is 5.20. The number of hydrogen-bond donors (Lipinski definition) is 1. The van der Waals surface area contributed by atoms with Crippen LogP contribution in [0.25, 0.3) is 0 Å². The van der Waals surface area contributed by atoms with Crippen molar-refractivity contribution in [3.63, 3.8) is 0 Å². The van der Waals surface area contributed by atoms with Crippen molar-refractivity contribution in [1.29, 1.82) is 0 Å². The van der Waals surface area contributed by atoms with Crippen molar-refractivity contribution >= 4 is 16.9 Å². The van der Waals surface area contributed by atoms with Crippen LogP contribution in [0.4, 0.5) is 0 Å².